The Balaban J connectivity index is 1.96. The molecule has 1 aliphatic heterocycles. The smallest absolute Gasteiger partial charge is 0.311 e. The summed E-state index contributed by atoms with van der Waals surface area (Å²) in [5, 5.41) is 0. The third kappa shape index (κ3) is 5.41. The van der Waals surface area contributed by atoms with Crippen LogP contribution >= 0.6 is 0 Å². The number of benzene rings is 1. The highest BCUT2D eigenvalue weighted by atomic mass is 32.2. The zero-order valence-electron chi connectivity index (χ0n) is 15.6. The molecule has 0 aliphatic carbocycles. The number of carbonyl (C=O) groups is 2. The molecule has 0 aromatic heterocycles. The molecule has 0 saturated carbocycles. The summed E-state index contributed by atoms with van der Waals surface area (Å²) in [6, 6.07) is 3.72. The summed E-state index contributed by atoms with van der Waals surface area (Å²) in [7, 11) is -1.79. The predicted octanol–water partition coefficient (Wildman–Crippen LogP) is 1.34. The second kappa shape index (κ2) is 8.69. The second-order valence-corrected chi connectivity index (χ2v) is 8.69. The van der Waals surface area contributed by atoms with Crippen LogP contribution in [0.15, 0.2) is 18.2 Å². The summed E-state index contributed by atoms with van der Waals surface area (Å²) in [4.78, 5) is 26.1. The van der Waals surface area contributed by atoms with E-state index in [1.54, 1.807) is 6.92 Å². The lowest BCUT2D eigenvalue weighted by Crippen LogP contribution is -2.46. The number of carbonyl (C=O) groups excluding carboxylic acids is 2. The first-order valence-corrected chi connectivity index (χ1v) is 10.5. The maximum atomic E-state index is 13.7. The number of likely N-dealkylation sites (N-methyl/N-ethyl adjacent to an activating group) is 1. The van der Waals surface area contributed by atoms with Crippen LogP contribution in [0.3, 0.4) is 0 Å². The van der Waals surface area contributed by atoms with E-state index in [4.69, 9.17) is 9.47 Å². The molecule has 7 nitrogen and oxygen atoms in total. The van der Waals surface area contributed by atoms with Crippen molar-refractivity contribution in [3.63, 3.8) is 0 Å². The number of nitrogens with zero attached hydrogens (tertiary/aromatic N) is 1. The quantitative estimate of drug-likeness (QED) is 0.641. The molecule has 1 heterocycles. The summed E-state index contributed by atoms with van der Waals surface area (Å²) in [6.07, 6.45) is -0.861. The molecule has 1 aromatic rings. The maximum Gasteiger partial charge on any atom is 0.311 e. The van der Waals surface area contributed by atoms with Crippen LogP contribution in [0.2, 0.25) is 0 Å². The van der Waals surface area contributed by atoms with Gasteiger partial charge in [-0.3, -0.25) is 9.59 Å². The molecule has 2 rings (SSSR count). The standard InChI is InChI=1S/C18H24FNO6S/c1-4-20(14-7-8-27(23,24)11-14)18(22)12(2)26-17(21)10-13-5-6-16(25-3)15(19)9-13/h5-6,9,12,14H,4,7-8,10-11H2,1-3H3/t12-,14-/m0/s1. The minimum Gasteiger partial charge on any atom is -0.494 e. The van der Waals surface area contributed by atoms with Gasteiger partial charge in [0.25, 0.3) is 5.91 Å². The number of amides is 1. The Morgan fingerprint density at radius 1 is 1.37 bits per heavy atom. The Bertz CT molecular complexity index is 810. The molecule has 1 amide bonds. The topological polar surface area (TPSA) is 90.0 Å². The van der Waals surface area contributed by atoms with E-state index in [0.717, 1.165) is 0 Å². The van der Waals surface area contributed by atoms with Gasteiger partial charge in [0.05, 0.1) is 25.0 Å². The Hall–Kier alpha value is -2.16. The van der Waals surface area contributed by atoms with Crippen molar-refractivity contribution in [3.8, 4) is 5.75 Å². The number of halogens is 1. The van der Waals surface area contributed by atoms with Crippen LogP contribution in [0.5, 0.6) is 5.75 Å². The molecular weight excluding hydrogens is 377 g/mol. The SMILES string of the molecule is CCN(C(=O)[C@H](C)OC(=O)Cc1ccc(OC)c(F)c1)[C@H]1CCS(=O)(=O)C1. The molecular formula is C18H24FNO6S. The predicted molar refractivity (Wildman–Crippen MR) is 96.7 cm³/mol. The van der Waals surface area contributed by atoms with Gasteiger partial charge >= 0.3 is 5.97 Å². The van der Waals surface area contributed by atoms with Gasteiger partial charge in [-0.05, 0) is 38.0 Å². The van der Waals surface area contributed by atoms with Gasteiger partial charge in [-0.25, -0.2) is 12.8 Å². The maximum absolute atomic E-state index is 13.7. The van der Waals surface area contributed by atoms with E-state index in [1.807, 2.05) is 0 Å². The number of esters is 1. The van der Waals surface area contributed by atoms with Crippen LogP contribution in [-0.2, 0) is 30.6 Å². The Morgan fingerprint density at radius 2 is 2.07 bits per heavy atom. The summed E-state index contributed by atoms with van der Waals surface area (Å²) in [5.74, 6) is -1.64. The van der Waals surface area contributed by atoms with Crippen molar-refractivity contribution in [2.24, 2.45) is 0 Å². The molecule has 27 heavy (non-hydrogen) atoms. The molecule has 0 bridgehead atoms. The fraction of sp³-hybridized carbons (Fsp3) is 0.556. The van der Waals surface area contributed by atoms with Gasteiger partial charge in [0.1, 0.15) is 0 Å². The van der Waals surface area contributed by atoms with Crippen molar-refractivity contribution in [1.29, 1.82) is 0 Å². The number of sulfone groups is 1. The van der Waals surface area contributed by atoms with Crippen LogP contribution in [0, 0.1) is 5.82 Å². The largest absolute Gasteiger partial charge is 0.494 e. The first kappa shape index (κ1) is 21.1. The van der Waals surface area contributed by atoms with Gasteiger partial charge in [0.15, 0.2) is 27.5 Å². The average Bonchev–Trinajstić information content (AvgIpc) is 2.95. The van der Waals surface area contributed by atoms with E-state index in [9.17, 15) is 22.4 Å². The lowest BCUT2D eigenvalue weighted by molar-refractivity contribution is -0.159. The van der Waals surface area contributed by atoms with Crippen molar-refractivity contribution < 1.29 is 31.9 Å². The summed E-state index contributed by atoms with van der Waals surface area (Å²) in [6.45, 7) is 3.52. The molecule has 1 saturated heterocycles. The van der Waals surface area contributed by atoms with Crippen molar-refractivity contribution in [2.75, 3.05) is 25.2 Å². The number of ether oxygens (including phenoxy) is 2. The number of hydrogen-bond acceptors (Lipinski definition) is 6. The molecule has 0 spiro atoms. The van der Waals surface area contributed by atoms with Gasteiger partial charge in [0.2, 0.25) is 0 Å². The third-order valence-electron chi connectivity index (χ3n) is 4.49. The minimum absolute atomic E-state index is 0.0542. The van der Waals surface area contributed by atoms with E-state index >= 15 is 0 Å². The zero-order chi connectivity index (χ0) is 20.2. The highest BCUT2D eigenvalue weighted by Gasteiger charge is 2.36. The van der Waals surface area contributed by atoms with Crippen LogP contribution < -0.4 is 4.74 Å². The first-order chi connectivity index (χ1) is 12.7. The number of hydrogen-bond donors (Lipinski definition) is 0. The van der Waals surface area contributed by atoms with E-state index in [2.05, 4.69) is 0 Å². The van der Waals surface area contributed by atoms with E-state index in [1.165, 1.54) is 37.1 Å². The van der Waals surface area contributed by atoms with Crippen LogP contribution in [0.4, 0.5) is 4.39 Å². The van der Waals surface area contributed by atoms with Gasteiger partial charge < -0.3 is 14.4 Å². The third-order valence-corrected chi connectivity index (χ3v) is 6.24. The molecule has 0 N–H and O–H groups in total. The zero-order valence-corrected chi connectivity index (χ0v) is 16.4. The molecule has 150 valence electrons. The normalized spacial score (nSPS) is 19.3. The van der Waals surface area contributed by atoms with Crippen LogP contribution in [0.25, 0.3) is 0 Å². The fourth-order valence-electron chi connectivity index (χ4n) is 3.12. The van der Waals surface area contributed by atoms with E-state index in [-0.39, 0.29) is 23.7 Å². The first-order valence-electron chi connectivity index (χ1n) is 8.69. The number of methoxy groups -OCH3 is 1. The van der Waals surface area contributed by atoms with E-state index < -0.39 is 39.7 Å². The average molecular weight is 401 g/mol. The molecule has 0 radical (unpaired) electrons. The Morgan fingerprint density at radius 3 is 2.59 bits per heavy atom. The minimum atomic E-state index is -3.13. The molecule has 2 atom stereocenters. The highest BCUT2D eigenvalue weighted by molar-refractivity contribution is 7.91. The van der Waals surface area contributed by atoms with Crippen molar-refractivity contribution in [1.82, 2.24) is 4.90 Å². The van der Waals surface area contributed by atoms with Gasteiger partial charge in [-0.1, -0.05) is 6.07 Å². The molecule has 1 aromatic carbocycles. The molecule has 1 fully saturated rings. The van der Waals surface area contributed by atoms with Crippen molar-refractivity contribution >= 4 is 21.7 Å². The van der Waals surface area contributed by atoms with Gasteiger partial charge in [-0.2, -0.15) is 0 Å². The summed E-state index contributed by atoms with van der Waals surface area (Å²) in [5.41, 5.74) is 0.396. The van der Waals surface area contributed by atoms with Crippen molar-refractivity contribution in [3.05, 3.63) is 29.6 Å². The molecule has 1 aliphatic rings. The van der Waals surface area contributed by atoms with E-state index in [0.29, 0.717) is 18.5 Å². The highest BCUT2D eigenvalue weighted by Crippen LogP contribution is 2.20. The summed E-state index contributed by atoms with van der Waals surface area (Å²) < 4.78 is 47.0. The molecule has 9 heteroatoms. The Kier molecular flexibility index (Phi) is 6.80. The second-order valence-electron chi connectivity index (χ2n) is 6.46. The lowest BCUT2D eigenvalue weighted by atomic mass is 10.1. The monoisotopic (exact) mass is 401 g/mol. The molecule has 0 unspecified atom stereocenters. The van der Waals surface area contributed by atoms with Crippen molar-refractivity contribution in [2.45, 2.75) is 38.8 Å². The van der Waals surface area contributed by atoms with Crippen LogP contribution in [-0.4, -0.2) is 62.5 Å². The van der Waals surface area contributed by atoms with Crippen LogP contribution in [0.1, 0.15) is 25.8 Å². The Labute approximate surface area is 158 Å². The number of rotatable bonds is 7. The van der Waals surface area contributed by atoms with Gasteiger partial charge in [-0.15, -0.1) is 0 Å². The summed E-state index contributed by atoms with van der Waals surface area (Å²) >= 11 is 0. The lowest BCUT2D eigenvalue weighted by Gasteiger charge is -2.29. The van der Waals surface area contributed by atoms with Gasteiger partial charge in [0, 0.05) is 12.6 Å². The fourth-order valence-corrected chi connectivity index (χ4v) is 4.86.